The lowest BCUT2D eigenvalue weighted by Gasteiger charge is -2.18. The van der Waals surface area contributed by atoms with Crippen LogP contribution in [-0.4, -0.2) is 19.1 Å². The number of para-hydroxylation sites is 2. The molecule has 124 valence electrons. The minimum atomic E-state index is -0.623. The van der Waals surface area contributed by atoms with Crippen LogP contribution in [0.1, 0.15) is 5.56 Å². The van der Waals surface area contributed by atoms with Gasteiger partial charge in [0.05, 0.1) is 11.0 Å². The molecular weight excluding hydrogens is 340 g/mol. The number of rotatable bonds is 1. The van der Waals surface area contributed by atoms with Crippen LogP contribution in [0.25, 0.3) is 28.2 Å². The summed E-state index contributed by atoms with van der Waals surface area (Å²) >= 11 is 6.21. The predicted octanol–water partition coefficient (Wildman–Crippen LogP) is 2.55. The summed E-state index contributed by atoms with van der Waals surface area (Å²) in [5.74, 6) is 0.216. The quantitative estimate of drug-likeness (QED) is 0.494. The lowest BCUT2D eigenvalue weighted by molar-refractivity contribution is 0.759. The van der Waals surface area contributed by atoms with E-state index < -0.39 is 11.2 Å². The number of fused-ring (bicyclic) bond motifs is 2. The van der Waals surface area contributed by atoms with Crippen molar-refractivity contribution in [1.29, 1.82) is 0 Å². The number of aryl methyl sites for hydroxylation is 1. The molecule has 2 aliphatic heterocycles. The molecular formula is C18H13ClN4O2. The van der Waals surface area contributed by atoms with Crippen LogP contribution in [-0.2, 0) is 7.05 Å². The van der Waals surface area contributed by atoms with Crippen LogP contribution in [0.4, 0.5) is 0 Å². The molecule has 0 saturated carbocycles. The van der Waals surface area contributed by atoms with Crippen LogP contribution >= 0.6 is 11.6 Å². The van der Waals surface area contributed by atoms with Gasteiger partial charge >= 0.3 is 5.69 Å². The Balaban J connectivity index is 2.27. The highest BCUT2D eigenvalue weighted by Crippen LogP contribution is 2.27. The molecule has 0 saturated heterocycles. The van der Waals surface area contributed by atoms with Gasteiger partial charge in [0.25, 0.3) is 5.56 Å². The SMILES string of the molecule is Cc1cc(Cl)cc(-n2c3nc(=O)n(C)c(=O)c-3nc3ccccc32)c1. The maximum Gasteiger partial charge on any atom is 0.352 e. The Labute approximate surface area is 147 Å². The summed E-state index contributed by atoms with van der Waals surface area (Å²) in [5, 5.41) is 0.558. The van der Waals surface area contributed by atoms with Crippen LogP contribution in [0.15, 0.2) is 52.1 Å². The molecule has 0 aliphatic carbocycles. The van der Waals surface area contributed by atoms with E-state index in [4.69, 9.17) is 11.6 Å². The molecule has 2 aromatic rings. The third kappa shape index (κ3) is 2.42. The van der Waals surface area contributed by atoms with E-state index in [0.717, 1.165) is 15.6 Å². The van der Waals surface area contributed by atoms with Gasteiger partial charge in [0.1, 0.15) is 0 Å². The highest BCUT2D eigenvalue weighted by atomic mass is 35.5. The predicted molar refractivity (Wildman–Crippen MR) is 96.7 cm³/mol. The van der Waals surface area contributed by atoms with Crippen LogP contribution in [0.2, 0.25) is 5.02 Å². The molecule has 0 unspecified atom stereocenters. The van der Waals surface area contributed by atoms with E-state index >= 15 is 0 Å². The van der Waals surface area contributed by atoms with Crippen molar-refractivity contribution in [2.45, 2.75) is 6.92 Å². The van der Waals surface area contributed by atoms with E-state index in [9.17, 15) is 9.59 Å². The first-order valence-electron chi connectivity index (χ1n) is 7.62. The lowest BCUT2D eigenvalue weighted by Crippen LogP contribution is -2.36. The van der Waals surface area contributed by atoms with Crippen molar-refractivity contribution in [1.82, 2.24) is 19.1 Å². The Morgan fingerprint density at radius 3 is 2.56 bits per heavy atom. The van der Waals surface area contributed by atoms with Crippen molar-refractivity contribution in [2.24, 2.45) is 7.05 Å². The third-order valence-corrected chi connectivity index (χ3v) is 4.28. The lowest BCUT2D eigenvalue weighted by atomic mass is 10.2. The topological polar surface area (TPSA) is 69.8 Å². The van der Waals surface area contributed by atoms with Gasteiger partial charge in [-0.3, -0.25) is 13.9 Å². The maximum absolute atomic E-state index is 12.5. The summed E-state index contributed by atoms with van der Waals surface area (Å²) in [6, 6.07) is 12.9. The Bertz CT molecular complexity index is 1210. The molecule has 2 aliphatic rings. The van der Waals surface area contributed by atoms with Gasteiger partial charge in [-0.1, -0.05) is 23.7 Å². The largest absolute Gasteiger partial charge is 0.352 e. The summed E-state index contributed by atoms with van der Waals surface area (Å²) in [4.78, 5) is 33.1. The number of nitrogens with zero attached hydrogens (tertiary/aromatic N) is 4. The molecule has 0 spiro atoms. The highest BCUT2D eigenvalue weighted by Gasteiger charge is 2.21. The fourth-order valence-corrected chi connectivity index (χ4v) is 3.19. The van der Waals surface area contributed by atoms with Crippen LogP contribution in [0.5, 0.6) is 0 Å². The minimum absolute atomic E-state index is 0.137. The molecule has 25 heavy (non-hydrogen) atoms. The molecule has 0 bridgehead atoms. The first-order chi connectivity index (χ1) is 12.0. The van der Waals surface area contributed by atoms with Crippen LogP contribution < -0.4 is 11.2 Å². The van der Waals surface area contributed by atoms with E-state index in [0.29, 0.717) is 16.2 Å². The second-order valence-electron chi connectivity index (χ2n) is 5.85. The number of benzene rings is 2. The van der Waals surface area contributed by atoms with E-state index in [2.05, 4.69) is 9.97 Å². The van der Waals surface area contributed by atoms with Gasteiger partial charge in [0.15, 0.2) is 11.5 Å². The summed E-state index contributed by atoms with van der Waals surface area (Å²) < 4.78 is 2.71. The first-order valence-corrected chi connectivity index (χ1v) is 7.99. The van der Waals surface area contributed by atoms with E-state index in [1.54, 1.807) is 10.6 Å². The molecule has 0 fully saturated rings. The molecule has 2 heterocycles. The van der Waals surface area contributed by atoms with E-state index in [1.165, 1.54) is 7.05 Å². The summed E-state index contributed by atoms with van der Waals surface area (Å²) in [6.07, 6.45) is 0. The molecule has 2 aromatic carbocycles. The Morgan fingerprint density at radius 2 is 1.80 bits per heavy atom. The van der Waals surface area contributed by atoms with Crippen molar-refractivity contribution in [3.63, 3.8) is 0 Å². The zero-order valence-corrected chi connectivity index (χ0v) is 14.3. The second-order valence-corrected chi connectivity index (χ2v) is 6.29. The van der Waals surface area contributed by atoms with Gasteiger partial charge in [0.2, 0.25) is 0 Å². The van der Waals surface area contributed by atoms with Crippen molar-refractivity contribution in [3.05, 3.63) is 73.9 Å². The van der Waals surface area contributed by atoms with Crippen LogP contribution in [0, 0.1) is 6.92 Å². The van der Waals surface area contributed by atoms with E-state index in [1.807, 2.05) is 43.3 Å². The standard InChI is InChI=1S/C18H13ClN4O2/c1-10-7-11(19)9-12(8-10)23-14-6-4-3-5-13(14)20-15-16(23)21-18(25)22(2)17(15)24/h3-9H,1-2H3. The molecule has 0 amide bonds. The van der Waals surface area contributed by atoms with Gasteiger partial charge in [0, 0.05) is 17.8 Å². The zero-order valence-electron chi connectivity index (χ0n) is 13.5. The number of aromatic nitrogens is 4. The zero-order chi connectivity index (χ0) is 17.7. The highest BCUT2D eigenvalue weighted by molar-refractivity contribution is 6.30. The summed E-state index contributed by atoms with van der Waals surface area (Å²) in [6.45, 7) is 1.92. The molecule has 0 radical (unpaired) electrons. The number of halogens is 1. The van der Waals surface area contributed by atoms with Crippen molar-refractivity contribution in [3.8, 4) is 17.2 Å². The number of hydrogen-bond acceptors (Lipinski definition) is 4. The molecule has 0 N–H and O–H groups in total. The maximum atomic E-state index is 12.5. The Morgan fingerprint density at radius 1 is 1.04 bits per heavy atom. The third-order valence-electron chi connectivity index (χ3n) is 4.06. The molecule has 0 aromatic heterocycles. The molecule has 4 rings (SSSR count). The van der Waals surface area contributed by atoms with Gasteiger partial charge in [-0.05, 0) is 42.8 Å². The smallest absolute Gasteiger partial charge is 0.291 e. The second kappa shape index (κ2) is 5.53. The average Bonchev–Trinajstić information content (AvgIpc) is 2.57. The fraction of sp³-hybridized carbons (Fsp3) is 0.111. The normalized spacial score (nSPS) is 11.3. The minimum Gasteiger partial charge on any atom is -0.291 e. The number of hydrogen-bond donors (Lipinski definition) is 0. The molecule has 7 heteroatoms. The molecule has 0 atom stereocenters. The van der Waals surface area contributed by atoms with Crippen molar-refractivity contribution in [2.75, 3.05) is 0 Å². The van der Waals surface area contributed by atoms with Crippen LogP contribution in [0.3, 0.4) is 0 Å². The summed E-state index contributed by atoms with van der Waals surface area (Å²) in [5.41, 5.74) is 2.07. The average molecular weight is 353 g/mol. The first kappa shape index (κ1) is 15.5. The van der Waals surface area contributed by atoms with Gasteiger partial charge in [-0.25, -0.2) is 9.78 Å². The van der Waals surface area contributed by atoms with Crippen molar-refractivity contribution >= 4 is 22.6 Å². The monoisotopic (exact) mass is 352 g/mol. The Hall–Kier alpha value is -2.99. The van der Waals surface area contributed by atoms with Gasteiger partial charge < -0.3 is 0 Å². The molecule has 6 nitrogen and oxygen atoms in total. The van der Waals surface area contributed by atoms with Gasteiger partial charge in [-0.2, -0.15) is 4.98 Å². The summed E-state index contributed by atoms with van der Waals surface area (Å²) in [7, 11) is 1.39. The fourth-order valence-electron chi connectivity index (χ4n) is 2.90. The van der Waals surface area contributed by atoms with E-state index in [-0.39, 0.29) is 11.5 Å². The Kier molecular flexibility index (Phi) is 3.43. The van der Waals surface area contributed by atoms with Crippen molar-refractivity contribution < 1.29 is 0 Å². The van der Waals surface area contributed by atoms with Gasteiger partial charge in [-0.15, -0.1) is 0 Å².